The Balaban J connectivity index is 1.78. The van der Waals surface area contributed by atoms with E-state index in [1.54, 1.807) is 24.3 Å². The predicted molar refractivity (Wildman–Crippen MR) is 95.4 cm³/mol. The molecule has 0 saturated heterocycles. The topological polar surface area (TPSA) is 54.4 Å². The van der Waals surface area contributed by atoms with Gasteiger partial charge < -0.3 is 0 Å². The zero-order valence-electron chi connectivity index (χ0n) is 11.1. The molecule has 110 valence electrons. The maximum Gasteiger partial charge on any atom is 0.248 e. The third-order valence-electron chi connectivity index (χ3n) is 2.80. The maximum atomic E-state index is 12.3. The van der Waals surface area contributed by atoms with E-state index in [-0.39, 0.29) is 10.4 Å². The van der Waals surface area contributed by atoms with Crippen LogP contribution in [0.3, 0.4) is 0 Å². The number of nitrogens with zero attached hydrogens (tertiary/aromatic N) is 2. The number of nitrogens with one attached hydrogen (secondary N) is 1. The van der Waals surface area contributed by atoms with Crippen LogP contribution in [0.15, 0.2) is 53.6 Å². The van der Waals surface area contributed by atoms with Gasteiger partial charge in [0, 0.05) is 5.02 Å². The summed E-state index contributed by atoms with van der Waals surface area (Å²) in [5.74, 6) is -0.261. The van der Waals surface area contributed by atoms with Crippen LogP contribution in [-0.2, 0) is 0 Å². The molecule has 0 aliphatic carbocycles. The zero-order valence-corrected chi connectivity index (χ0v) is 14.2. The van der Waals surface area contributed by atoms with E-state index in [1.165, 1.54) is 11.3 Å². The van der Waals surface area contributed by atoms with Gasteiger partial charge in [-0.3, -0.25) is 10.2 Å². The van der Waals surface area contributed by atoms with Crippen LogP contribution in [0.4, 0.5) is 5.69 Å². The van der Waals surface area contributed by atoms with Crippen molar-refractivity contribution in [3.63, 3.8) is 0 Å². The lowest BCUT2D eigenvalue weighted by Crippen LogP contribution is -2.09. The van der Waals surface area contributed by atoms with Crippen LogP contribution in [0, 0.1) is 0 Å². The minimum atomic E-state index is -0.261. The molecule has 0 bridgehead atoms. The van der Waals surface area contributed by atoms with Crippen molar-refractivity contribution in [2.45, 2.75) is 0 Å². The summed E-state index contributed by atoms with van der Waals surface area (Å²) >= 11 is 10.3. The van der Waals surface area contributed by atoms with Crippen LogP contribution < -0.4 is 5.43 Å². The van der Waals surface area contributed by atoms with Gasteiger partial charge in [0.2, 0.25) is 5.78 Å². The summed E-state index contributed by atoms with van der Waals surface area (Å²) < 4.78 is 1.14. The molecule has 2 aromatic carbocycles. The summed E-state index contributed by atoms with van der Waals surface area (Å²) in [6.45, 7) is 0. The van der Waals surface area contributed by atoms with E-state index in [2.05, 4.69) is 31.4 Å². The second-order valence-electron chi connectivity index (χ2n) is 4.34. The second kappa shape index (κ2) is 6.56. The number of halogens is 2. The van der Waals surface area contributed by atoms with E-state index in [0.717, 1.165) is 15.9 Å². The molecule has 0 saturated carbocycles. The first kappa shape index (κ1) is 15.1. The summed E-state index contributed by atoms with van der Waals surface area (Å²) in [6.07, 6.45) is 0. The highest BCUT2D eigenvalue weighted by molar-refractivity contribution is 9.19. The monoisotopic (exact) mass is 393 g/mol. The number of ketones is 1. The summed E-state index contributed by atoms with van der Waals surface area (Å²) in [6, 6.07) is 14.6. The van der Waals surface area contributed by atoms with Crippen molar-refractivity contribution in [3.05, 3.63) is 58.6 Å². The van der Waals surface area contributed by atoms with Gasteiger partial charge in [-0.1, -0.05) is 23.7 Å². The average Bonchev–Trinajstić information content (AvgIpc) is 2.97. The van der Waals surface area contributed by atoms with Gasteiger partial charge >= 0.3 is 0 Å². The molecule has 7 heteroatoms. The summed E-state index contributed by atoms with van der Waals surface area (Å²) in [5, 5.41) is 5.06. The SMILES string of the molecule is O=C(/C(Br)=N/Nc1ccc(Cl)cc1)c1nc2ccccc2s1. The second-order valence-corrected chi connectivity index (χ2v) is 6.56. The van der Waals surface area contributed by atoms with Gasteiger partial charge in [-0.15, -0.1) is 11.3 Å². The Morgan fingerprint density at radius 2 is 1.91 bits per heavy atom. The van der Waals surface area contributed by atoms with Gasteiger partial charge in [0.1, 0.15) is 0 Å². The molecule has 0 aliphatic rings. The van der Waals surface area contributed by atoms with E-state index < -0.39 is 0 Å². The summed E-state index contributed by atoms with van der Waals surface area (Å²) in [5.41, 5.74) is 4.34. The lowest BCUT2D eigenvalue weighted by Gasteiger charge is -2.00. The van der Waals surface area contributed by atoms with Crippen LogP contribution in [-0.4, -0.2) is 15.4 Å². The van der Waals surface area contributed by atoms with E-state index >= 15 is 0 Å². The van der Waals surface area contributed by atoms with E-state index in [1.807, 2.05) is 24.3 Å². The van der Waals surface area contributed by atoms with Crippen LogP contribution in [0.1, 0.15) is 9.80 Å². The molecule has 0 amide bonds. The number of aromatic nitrogens is 1. The van der Waals surface area contributed by atoms with Crippen molar-refractivity contribution in [2.75, 3.05) is 5.43 Å². The first-order chi connectivity index (χ1) is 10.6. The molecular weight excluding hydrogens is 386 g/mol. The van der Waals surface area contributed by atoms with Crippen LogP contribution in [0.5, 0.6) is 0 Å². The van der Waals surface area contributed by atoms with Gasteiger partial charge in [-0.05, 0) is 52.3 Å². The van der Waals surface area contributed by atoms with Crippen molar-refractivity contribution >= 4 is 65.2 Å². The fourth-order valence-electron chi connectivity index (χ4n) is 1.75. The fraction of sp³-hybridized carbons (Fsp3) is 0. The number of Topliss-reactive ketones (excluding diaryl/α,β-unsaturated/α-hetero) is 1. The van der Waals surface area contributed by atoms with Crippen LogP contribution in [0.2, 0.25) is 5.02 Å². The fourth-order valence-corrected chi connectivity index (χ4v) is 3.19. The minimum absolute atomic E-state index is 0.168. The van der Waals surface area contributed by atoms with Crippen molar-refractivity contribution in [2.24, 2.45) is 5.10 Å². The smallest absolute Gasteiger partial charge is 0.248 e. The number of hydrazone groups is 1. The molecule has 1 heterocycles. The molecule has 3 rings (SSSR count). The molecule has 0 spiro atoms. The van der Waals surface area contributed by atoms with Crippen molar-refractivity contribution in [3.8, 4) is 0 Å². The van der Waals surface area contributed by atoms with E-state index in [4.69, 9.17) is 11.6 Å². The lowest BCUT2D eigenvalue weighted by molar-refractivity contribution is 0.106. The number of hydrogen-bond donors (Lipinski definition) is 1. The molecule has 3 aromatic rings. The summed E-state index contributed by atoms with van der Waals surface area (Å²) in [7, 11) is 0. The zero-order chi connectivity index (χ0) is 15.5. The van der Waals surface area contributed by atoms with Gasteiger partial charge in [0.15, 0.2) is 9.63 Å². The molecule has 0 atom stereocenters. The third-order valence-corrected chi connectivity index (χ3v) is 4.63. The Morgan fingerprint density at radius 3 is 2.64 bits per heavy atom. The van der Waals surface area contributed by atoms with Gasteiger partial charge in [-0.25, -0.2) is 4.98 Å². The molecule has 0 aliphatic heterocycles. The largest absolute Gasteiger partial charge is 0.283 e. The Kier molecular flexibility index (Phi) is 4.52. The van der Waals surface area contributed by atoms with Crippen LogP contribution >= 0.6 is 38.9 Å². The third kappa shape index (κ3) is 3.35. The quantitative estimate of drug-likeness (QED) is 0.387. The Morgan fingerprint density at radius 1 is 1.18 bits per heavy atom. The predicted octanol–water partition coefficient (Wildman–Crippen LogP) is 4.95. The number of hydrogen-bond acceptors (Lipinski definition) is 5. The number of anilines is 1. The maximum absolute atomic E-state index is 12.3. The van der Waals surface area contributed by atoms with Crippen molar-refractivity contribution in [1.29, 1.82) is 0 Å². The molecule has 1 N–H and O–H groups in total. The Hall–Kier alpha value is -1.76. The number of fused-ring (bicyclic) bond motifs is 1. The van der Waals surface area contributed by atoms with E-state index in [0.29, 0.717) is 10.0 Å². The molecular formula is C15H9BrClN3OS. The Labute approximate surface area is 144 Å². The standard InChI is InChI=1S/C15H9BrClN3OS/c16-14(20-19-10-7-5-9(17)6-8-10)13(21)15-18-11-3-1-2-4-12(11)22-15/h1-8,19H/b20-14-. The molecule has 0 radical (unpaired) electrons. The van der Waals surface area contributed by atoms with E-state index in [9.17, 15) is 4.79 Å². The molecule has 22 heavy (non-hydrogen) atoms. The number of para-hydroxylation sites is 1. The minimum Gasteiger partial charge on any atom is -0.283 e. The number of carbonyl (C=O) groups is 1. The summed E-state index contributed by atoms with van der Waals surface area (Å²) in [4.78, 5) is 16.6. The molecule has 4 nitrogen and oxygen atoms in total. The number of thiazole rings is 1. The van der Waals surface area contributed by atoms with Gasteiger partial charge in [-0.2, -0.15) is 5.10 Å². The number of benzene rings is 2. The molecule has 1 aromatic heterocycles. The van der Waals surface area contributed by atoms with Gasteiger partial charge in [0.05, 0.1) is 15.9 Å². The molecule has 0 unspecified atom stereocenters. The lowest BCUT2D eigenvalue weighted by atomic mass is 10.3. The highest BCUT2D eigenvalue weighted by Gasteiger charge is 2.16. The first-order valence-corrected chi connectivity index (χ1v) is 8.27. The average molecular weight is 395 g/mol. The van der Waals surface area contributed by atoms with Crippen molar-refractivity contribution in [1.82, 2.24) is 4.98 Å². The van der Waals surface area contributed by atoms with Gasteiger partial charge in [0.25, 0.3) is 0 Å². The highest BCUT2D eigenvalue weighted by atomic mass is 79.9. The Bertz CT molecular complexity index is 828. The normalized spacial score (nSPS) is 11.6. The highest BCUT2D eigenvalue weighted by Crippen LogP contribution is 2.23. The first-order valence-electron chi connectivity index (χ1n) is 6.28. The number of carbonyl (C=O) groups excluding carboxylic acids is 1. The number of rotatable bonds is 4. The van der Waals surface area contributed by atoms with Crippen molar-refractivity contribution < 1.29 is 4.79 Å². The molecule has 0 fully saturated rings. The van der Waals surface area contributed by atoms with Crippen LogP contribution in [0.25, 0.3) is 10.2 Å².